The van der Waals surface area contributed by atoms with Gasteiger partial charge < -0.3 is 10.2 Å². The normalized spacial score (nSPS) is 32.9. The van der Waals surface area contributed by atoms with E-state index in [1.807, 2.05) is 25.5 Å². The Hall–Kier alpha value is -1.09. The van der Waals surface area contributed by atoms with Crippen LogP contribution in [0.4, 0.5) is 5.69 Å². The number of aromatic nitrogens is 1. The molecular weight excluding hydrogens is 186 g/mol. The molecule has 0 radical (unpaired) electrons. The fourth-order valence-corrected chi connectivity index (χ4v) is 2.89. The third kappa shape index (κ3) is 1.51. The van der Waals surface area contributed by atoms with E-state index in [-0.39, 0.29) is 0 Å². The highest BCUT2D eigenvalue weighted by atomic mass is 15.3. The van der Waals surface area contributed by atoms with E-state index in [2.05, 4.69) is 21.3 Å². The molecule has 3 rings (SSSR count). The number of hydrogen-bond donors (Lipinski definition) is 1. The Balaban J connectivity index is 1.83. The van der Waals surface area contributed by atoms with E-state index in [1.54, 1.807) is 0 Å². The molecule has 1 aliphatic carbocycles. The predicted octanol–water partition coefficient (Wildman–Crippen LogP) is 1.27. The Morgan fingerprint density at radius 3 is 3.20 bits per heavy atom. The molecule has 1 aromatic rings. The van der Waals surface area contributed by atoms with Crippen molar-refractivity contribution in [2.24, 2.45) is 5.92 Å². The molecule has 3 heteroatoms. The summed E-state index contributed by atoms with van der Waals surface area (Å²) in [6.45, 7) is 1.09. The average Bonchev–Trinajstić information content (AvgIpc) is 2.92. The highest BCUT2D eigenvalue weighted by molar-refractivity contribution is 5.50. The zero-order valence-corrected chi connectivity index (χ0v) is 9.06. The number of fused-ring (bicyclic) bond motifs is 1. The molecule has 1 saturated carbocycles. The molecule has 0 bridgehead atoms. The lowest BCUT2D eigenvalue weighted by Gasteiger charge is -2.29. The molecule has 0 spiro atoms. The first-order valence-corrected chi connectivity index (χ1v) is 5.73. The van der Waals surface area contributed by atoms with Gasteiger partial charge in [0.05, 0.1) is 11.9 Å². The third-order valence-corrected chi connectivity index (χ3v) is 3.59. The zero-order chi connectivity index (χ0) is 10.3. The molecule has 15 heavy (non-hydrogen) atoms. The number of pyridine rings is 1. The van der Waals surface area contributed by atoms with Crippen LogP contribution in [0.25, 0.3) is 0 Å². The number of nitrogens with zero attached hydrogens (tertiary/aromatic N) is 2. The molecule has 1 N–H and O–H groups in total. The van der Waals surface area contributed by atoms with Crippen LogP contribution in [0.1, 0.15) is 12.8 Å². The predicted molar refractivity (Wildman–Crippen MR) is 60.9 cm³/mol. The molecule has 3 atom stereocenters. The Kier molecular flexibility index (Phi) is 2.13. The van der Waals surface area contributed by atoms with Crippen molar-refractivity contribution in [1.29, 1.82) is 0 Å². The lowest BCUT2D eigenvalue weighted by molar-refractivity contribution is 0.564. The van der Waals surface area contributed by atoms with E-state index in [4.69, 9.17) is 0 Å². The lowest BCUT2D eigenvalue weighted by atomic mass is 10.1. The van der Waals surface area contributed by atoms with E-state index in [9.17, 15) is 0 Å². The highest BCUT2D eigenvalue weighted by Crippen LogP contribution is 2.49. The van der Waals surface area contributed by atoms with Crippen molar-refractivity contribution in [3.05, 3.63) is 24.5 Å². The number of piperidine rings is 1. The molecule has 2 fully saturated rings. The summed E-state index contributed by atoms with van der Waals surface area (Å²) >= 11 is 0. The second-order valence-electron chi connectivity index (χ2n) is 4.63. The first-order chi connectivity index (χ1) is 7.40. The first kappa shape index (κ1) is 9.16. The molecule has 3 nitrogen and oxygen atoms in total. The number of nitrogens with one attached hydrogen (secondary N) is 1. The van der Waals surface area contributed by atoms with Gasteiger partial charge >= 0.3 is 0 Å². The van der Waals surface area contributed by atoms with Gasteiger partial charge in [-0.1, -0.05) is 0 Å². The maximum absolute atomic E-state index is 4.21. The van der Waals surface area contributed by atoms with E-state index < -0.39 is 0 Å². The van der Waals surface area contributed by atoms with Crippen molar-refractivity contribution >= 4 is 5.69 Å². The topological polar surface area (TPSA) is 28.2 Å². The second kappa shape index (κ2) is 3.49. The minimum atomic E-state index is 0.669. The van der Waals surface area contributed by atoms with Crippen molar-refractivity contribution in [1.82, 2.24) is 10.3 Å². The summed E-state index contributed by atoms with van der Waals surface area (Å²) in [4.78, 5) is 6.78. The Bertz CT molecular complexity index is 338. The van der Waals surface area contributed by atoms with Crippen LogP contribution >= 0.6 is 0 Å². The van der Waals surface area contributed by atoms with Crippen molar-refractivity contribution in [2.75, 3.05) is 18.5 Å². The average molecular weight is 203 g/mol. The van der Waals surface area contributed by atoms with Crippen molar-refractivity contribution < 1.29 is 0 Å². The van der Waals surface area contributed by atoms with Crippen LogP contribution in [0, 0.1) is 5.92 Å². The maximum Gasteiger partial charge on any atom is 0.0558 e. The summed E-state index contributed by atoms with van der Waals surface area (Å²) in [5.41, 5.74) is 1.29. The zero-order valence-electron chi connectivity index (χ0n) is 9.06. The van der Waals surface area contributed by atoms with Crippen LogP contribution in [-0.2, 0) is 0 Å². The fourth-order valence-electron chi connectivity index (χ4n) is 2.89. The standard InChI is InChI=1S/C12H17N3/c1-13-7-11-5-9-6-12(9)15(11)10-3-2-4-14-8-10/h2-4,8-9,11-13H,5-7H2,1H3/t9-,11?,12+/m1/s1. The van der Waals surface area contributed by atoms with Gasteiger partial charge in [0.1, 0.15) is 0 Å². The van der Waals surface area contributed by atoms with E-state index >= 15 is 0 Å². The molecule has 80 valence electrons. The highest BCUT2D eigenvalue weighted by Gasteiger charge is 2.51. The molecule has 2 aliphatic rings. The summed E-state index contributed by atoms with van der Waals surface area (Å²) < 4.78 is 0. The number of hydrogen-bond acceptors (Lipinski definition) is 3. The van der Waals surface area contributed by atoms with Crippen LogP contribution in [0.3, 0.4) is 0 Å². The van der Waals surface area contributed by atoms with Gasteiger partial charge in [0.25, 0.3) is 0 Å². The van der Waals surface area contributed by atoms with Gasteiger partial charge in [-0.05, 0) is 37.9 Å². The molecule has 0 amide bonds. The monoisotopic (exact) mass is 203 g/mol. The van der Waals surface area contributed by atoms with Crippen molar-refractivity contribution in [3.63, 3.8) is 0 Å². The summed E-state index contributed by atoms with van der Waals surface area (Å²) in [5.74, 6) is 0.948. The van der Waals surface area contributed by atoms with E-state index in [1.165, 1.54) is 18.5 Å². The Labute approximate surface area is 90.5 Å². The summed E-state index contributed by atoms with van der Waals surface area (Å²) in [7, 11) is 2.03. The smallest absolute Gasteiger partial charge is 0.0558 e. The summed E-state index contributed by atoms with van der Waals surface area (Å²) in [6.07, 6.45) is 6.57. The third-order valence-electron chi connectivity index (χ3n) is 3.59. The van der Waals surface area contributed by atoms with Crippen molar-refractivity contribution in [3.8, 4) is 0 Å². The molecule has 0 aromatic carbocycles. The number of rotatable bonds is 3. The van der Waals surface area contributed by atoms with Crippen LogP contribution in [0.5, 0.6) is 0 Å². The molecule has 1 aromatic heterocycles. The fraction of sp³-hybridized carbons (Fsp3) is 0.583. The maximum atomic E-state index is 4.21. The van der Waals surface area contributed by atoms with Crippen LogP contribution in [0.2, 0.25) is 0 Å². The molecule has 1 aliphatic heterocycles. The summed E-state index contributed by atoms with van der Waals surface area (Å²) in [5, 5.41) is 3.29. The summed E-state index contributed by atoms with van der Waals surface area (Å²) in [6, 6.07) is 5.67. The molecule has 1 saturated heterocycles. The minimum absolute atomic E-state index is 0.669. The largest absolute Gasteiger partial charge is 0.363 e. The molecular formula is C12H17N3. The van der Waals surface area contributed by atoms with Gasteiger partial charge in [-0.2, -0.15) is 0 Å². The second-order valence-corrected chi connectivity index (χ2v) is 4.63. The molecule has 1 unspecified atom stereocenters. The van der Waals surface area contributed by atoms with E-state index in [0.29, 0.717) is 6.04 Å². The number of likely N-dealkylation sites (N-methyl/N-ethyl adjacent to an activating group) is 1. The van der Waals surface area contributed by atoms with Gasteiger partial charge in [0, 0.05) is 24.8 Å². The number of anilines is 1. The lowest BCUT2D eigenvalue weighted by Crippen LogP contribution is -2.39. The van der Waals surface area contributed by atoms with Gasteiger partial charge in [0.2, 0.25) is 0 Å². The van der Waals surface area contributed by atoms with Crippen LogP contribution < -0.4 is 10.2 Å². The van der Waals surface area contributed by atoms with Crippen molar-refractivity contribution in [2.45, 2.75) is 24.9 Å². The Morgan fingerprint density at radius 1 is 1.53 bits per heavy atom. The van der Waals surface area contributed by atoms with Crippen LogP contribution in [0.15, 0.2) is 24.5 Å². The SMILES string of the molecule is CNCC1C[C@@H]2C[C@@H]2N1c1cccnc1. The Morgan fingerprint density at radius 2 is 2.47 bits per heavy atom. The van der Waals surface area contributed by atoms with Gasteiger partial charge in [-0.25, -0.2) is 0 Å². The minimum Gasteiger partial charge on any atom is -0.363 e. The van der Waals surface area contributed by atoms with Gasteiger partial charge in [-0.15, -0.1) is 0 Å². The molecule has 2 heterocycles. The van der Waals surface area contributed by atoms with Crippen LogP contribution in [-0.4, -0.2) is 30.7 Å². The quantitative estimate of drug-likeness (QED) is 0.802. The van der Waals surface area contributed by atoms with E-state index in [0.717, 1.165) is 18.5 Å². The van der Waals surface area contributed by atoms with Gasteiger partial charge in [0.15, 0.2) is 0 Å². The van der Waals surface area contributed by atoms with Gasteiger partial charge in [-0.3, -0.25) is 4.98 Å². The first-order valence-electron chi connectivity index (χ1n) is 5.73.